The summed E-state index contributed by atoms with van der Waals surface area (Å²) >= 11 is 1.56. The van der Waals surface area contributed by atoms with Gasteiger partial charge in [0.15, 0.2) is 5.82 Å². The lowest BCUT2D eigenvalue weighted by Crippen LogP contribution is -2.14. The van der Waals surface area contributed by atoms with E-state index in [1.165, 1.54) is 12.1 Å². The summed E-state index contributed by atoms with van der Waals surface area (Å²) in [5, 5.41) is 20.1. The summed E-state index contributed by atoms with van der Waals surface area (Å²) in [6, 6.07) is 14.7. The van der Waals surface area contributed by atoms with Gasteiger partial charge in [-0.25, -0.2) is 4.68 Å². The molecule has 0 radical (unpaired) electrons. The van der Waals surface area contributed by atoms with Crippen LogP contribution in [0.5, 0.6) is 0 Å². The van der Waals surface area contributed by atoms with Gasteiger partial charge in [0, 0.05) is 37.5 Å². The molecule has 1 aromatic heterocycles. The smallest absolute Gasteiger partial charge is 0.270 e. The Kier molecular flexibility index (Phi) is 4.00. The summed E-state index contributed by atoms with van der Waals surface area (Å²) < 4.78 is 1.79. The molecule has 0 spiro atoms. The molecule has 3 aromatic rings. The van der Waals surface area contributed by atoms with Crippen molar-refractivity contribution in [2.45, 2.75) is 10.5 Å². The molecule has 1 N–H and O–H groups in total. The van der Waals surface area contributed by atoms with Crippen molar-refractivity contribution in [3.05, 3.63) is 64.2 Å². The summed E-state index contributed by atoms with van der Waals surface area (Å²) in [6.45, 7) is 0. The summed E-state index contributed by atoms with van der Waals surface area (Å²) in [6.07, 6.45) is 0. The number of nitrogens with zero attached hydrogens (tertiary/aromatic N) is 5. The predicted octanol–water partition coefficient (Wildman–Crippen LogP) is 3.27. The van der Waals surface area contributed by atoms with E-state index in [2.05, 4.69) is 39.9 Å². The third-order valence-electron chi connectivity index (χ3n) is 4.13. The minimum absolute atomic E-state index is 0.00848. The Morgan fingerprint density at radius 1 is 1.19 bits per heavy atom. The van der Waals surface area contributed by atoms with Crippen molar-refractivity contribution in [2.75, 3.05) is 24.4 Å². The number of hydrogen-bond acceptors (Lipinski definition) is 7. The molecule has 132 valence electrons. The number of nitrogens with one attached hydrogen (secondary N) is 1. The van der Waals surface area contributed by atoms with Crippen LogP contribution in [0.1, 0.15) is 10.9 Å². The van der Waals surface area contributed by atoms with Crippen LogP contribution in [0.15, 0.2) is 53.7 Å². The van der Waals surface area contributed by atoms with Crippen LogP contribution < -0.4 is 10.3 Å². The number of nitro groups is 1. The number of anilines is 1. The first-order chi connectivity index (χ1) is 12.5. The lowest BCUT2D eigenvalue weighted by atomic mass is 10.2. The zero-order valence-corrected chi connectivity index (χ0v) is 15.0. The van der Waals surface area contributed by atoms with Crippen molar-refractivity contribution >= 4 is 23.1 Å². The highest BCUT2D eigenvalue weighted by Crippen LogP contribution is 2.40. The largest absolute Gasteiger partial charge is 0.378 e. The van der Waals surface area contributed by atoms with Crippen molar-refractivity contribution in [1.29, 1.82) is 0 Å². The second-order valence-electron chi connectivity index (χ2n) is 6.06. The molecule has 1 aliphatic rings. The van der Waals surface area contributed by atoms with Crippen LogP contribution >= 0.6 is 11.8 Å². The van der Waals surface area contributed by atoms with E-state index in [9.17, 15) is 10.1 Å². The minimum Gasteiger partial charge on any atom is -0.378 e. The molecule has 0 saturated heterocycles. The standard InChI is InChI=1S/C17H16N6O2S/c1-21(2)13-8-6-11(7-9-13)16-20-22-15(18-19-17(22)26-16)12-4-3-5-14(10-12)23(24)25/h3-10,16,20H,1-2H3. The van der Waals surface area contributed by atoms with Gasteiger partial charge in [0.05, 0.1) is 4.92 Å². The molecule has 9 heteroatoms. The van der Waals surface area contributed by atoms with Gasteiger partial charge in [-0.1, -0.05) is 36.0 Å². The van der Waals surface area contributed by atoms with E-state index in [1.807, 2.05) is 19.0 Å². The lowest BCUT2D eigenvalue weighted by Gasteiger charge is -2.15. The fraction of sp³-hybridized carbons (Fsp3) is 0.176. The van der Waals surface area contributed by atoms with Crippen LogP contribution in [-0.2, 0) is 0 Å². The van der Waals surface area contributed by atoms with Crippen LogP contribution in [0.25, 0.3) is 11.4 Å². The highest BCUT2D eigenvalue weighted by molar-refractivity contribution is 7.99. The van der Waals surface area contributed by atoms with Crippen molar-refractivity contribution in [3.63, 3.8) is 0 Å². The Bertz CT molecular complexity index is 970. The van der Waals surface area contributed by atoms with E-state index >= 15 is 0 Å². The maximum Gasteiger partial charge on any atom is 0.270 e. The molecule has 26 heavy (non-hydrogen) atoms. The fourth-order valence-corrected chi connectivity index (χ4v) is 3.74. The first kappa shape index (κ1) is 16.4. The minimum atomic E-state index is -0.415. The number of aromatic nitrogens is 3. The van der Waals surface area contributed by atoms with E-state index in [1.54, 1.807) is 28.6 Å². The highest BCUT2D eigenvalue weighted by Gasteiger charge is 2.28. The highest BCUT2D eigenvalue weighted by atomic mass is 32.2. The van der Waals surface area contributed by atoms with E-state index in [-0.39, 0.29) is 11.1 Å². The summed E-state index contributed by atoms with van der Waals surface area (Å²) in [7, 11) is 4.01. The Hall–Kier alpha value is -3.07. The Balaban J connectivity index is 1.61. The first-order valence-electron chi connectivity index (χ1n) is 7.93. The quantitative estimate of drug-likeness (QED) is 0.558. The van der Waals surface area contributed by atoms with E-state index in [0.29, 0.717) is 11.4 Å². The number of non-ortho nitro benzene ring substituents is 1. The molecule has 2 aromatic carbocycles. The Labute approximate surface area is 154 Å². The molecule has 1 aliphatic heterocycles. The van der Waals surface area contributed by atoms with E-state index < -0.39 is 4.92 Å². The molecule has 0 aliphatic carbocycles. The molecule has 2 heterocycles. The zero-order valence-electron chi connectivity index (χ0n) is 14.2. The van der Waals surface area contributed by atoms with Crippen molar-refractivity contribution in [3.8, 4) is 11.4 Å². The van der Waals surface area contributed by atoms with Gasteiger partial charge < -0.3 is 10.3 Å². The van der Waals surface area contributed by atoms with Crippen LogP contribution in [0.2, 0.25) is 0 Å². The SMILES string of the molecule is CN(C)c1ccc(C2Nn3c(nnc3-c3cccc([N+](=O)[O-])c3)S2)cc1. The number of nitro benzene ring substituents is 1. The predicted molar refractivity (Wildman–Crippen MR) is 101 cm³/mol. The summed E-state index contributed by atoms with van der Waals surface area (Å²) in [4.78, 5) is 12.6. The van der Waals surface area contributed by atoms with Gasteiger partial charge in [0.2, 0.25) is 5.16 Å². The molecule has 0 fully saturated rings. The number of hydrogen-bond donors (Lipinski definition) is 1. The van der Waals surface area contributed by atoms with Crippen molar-refractivity contribution < 1.29 is 4.92 Å². The molecular weight excluding hydrogens is 352 g/mol. The number of rotatable bonds is 4. The van der Waals surface area contributed by atoms with Gasteiger partial charge in [-0.3, -0.25) is 10.1 Å². The molecule has 0 bridgehead atoms. The maximum atomic E-state index is 11.0. The molecular formula is C17H16N6O2S. The van der Waals surface area contributed by atoms with Gasteiger partial charge in [0.25, 0.3) is 5.69 Å². The van der Waals surface area contributed by atoms with Crippen molar-refractivity contribution in [1.82, 2.24) is 14.9 Å². The van der Waals surface area contributed by atoms with Crippen LogP contribution in [0, 0.1) is 10.1 Å². The van der Waals surface area contributed by atoms with Gasteiger partial charge in [-0.15, -0.1) is 10.2 Å². The third kappa shape index (κ3) is 2.86. The molecule has 8 nitrogen and oxygen atoms in total. The first-order valence-corrected chi connectivity index (χ1v) is 8.81. The molecule has 1 unspecified atom stereocenters. The average molecular weight is 368 g/mol. The van der Waals surface area contributed by atoms with E-state index in [0.717, 1.165) is 16.4 Å². The average Bonchev–Trinajstić information content (AvgIpc) is 3.22. The Morgan fingerprint density at radius 3 is 2.65 bits per heavy atom. The molecule has 0 amide bonds. The van der Waals surface area contributed by atoms with Crippen molar-refractivity contribution in [2.24, 2.45) is 0 Å². The van der Waals surface area contributed by atoms with Gasteiger partial charge >= 0.3 is 0 Å². The van der Waals surface area contributed by atoms with Gasteiger partial charge in [-0.2, -0.15) is 0 Å². The Morgan fingerprint density at radius 2 is 1.96 bits per heavy atom. The maximum absolute atomic E-state index is 11.0. The monoisotopic (exact) mass is 368 g/mol. The molecule has 4 rings (SSSR count). The van der Waals surface area contributed by atoms with Gasteiger partial charge in [-0.05, 0) is 17.7 Å². The zero-order chi connectivity index (χ0) is 18.3. The second kappa shape index (κ2) is 6.34. The lowest BCUT2D eigenvalue weighted by molar-refractivity contribution is -0.384. The normalized spacial score (nSPS) is 15.4. The summed E-state index contributed by atoms with van der Waals surface area (Å²) in [5.41, 5.74) is 6.30. The third-order valence-corrected chi connectivity index (χ3v) is 5.22. The van der Waals surface area contributed by atoms with E-state index in [4.69, 9.17) is 0 Å². The fourth-order valence-electron chi connectivity index (χ4n) is 2.75. The number of benzene rings is 2. The second-order valence-corrected chi connectivity index (χ2v) is 7.13. The van der Waals surface area contributed by atoms with Crippen LogP contribution in [0.4, 0.5) is 11.4 Å². The number of fused-ring (bicyclic) bond motifs is 1. The molecule has 0 saturated carbocycles. The molecule has 1 atom stereocenters. The van der Waals surface area contributed by atoms with Gasteiger partial charge in [0.1, 0.15) is 5.37 Å². The van der Waals surface area contributed by atoms with Crippen LogP contribution in [0.3, 0.4) is 0 Å². The number of thioether (sulfide) groups is 1. The topological polar surface area (TPSA) is 89.1 Å². The van der Waals surface area contributed by atoms with Crippen LogP contribution in [-0.4, -0.2) is 33.9 Å². The summed E-state index contributed by atoms with van der Waals surface area (Å²) in [5.74, 6) is 0.559.